The molecule has 2 N–H and O–H groups in total. The summed E-state index contributed by atoms with van der Waals surface area (Å²) < 4.78 is 0. The molecule has 2 rings (SSSR count). The van der Waals surface area contributed by atoms with Crippen LogP contribution >= 0.6 is 12.2 Å². The van der Waals surface area contributed by atoms with Gasteiger partial charge < -0.3 is 10.6 Å². The minimum atomic E-state index is 0.248. The van der Waals surface area contributed by atoms with Crippen LogP contribution in [0.4, 0.5) is 0 Å². The summed E-state index contributed by atoms with van der Waals surface area (Å²) in [6.45, 7) is 6.60. The minimum absolute atomic E-state index is 0.248. The Morgan fingerprint density at radius 2 is 1.60 bits per heavy atom. The maximum atomic E-state index is 5.41. The summed E-state index contributed by atoms with van der Waals surface area (Å²) in [4.78, 5) is 0. The van der Waals surface area contributed by atoms with E-state index in [9.17, 15) is 0 Å². The smallest absolute Gasteiger partial charge is 0.166 e. The zero-order chi connectivity index (χ0) is 14.5. The second-order valence-electron chi connectivity index (χ2n) is 6.14. The van der Waals surface area contributed by atoms with Crippen molar-refractivity contribution in [2.45, 2.75) is 64.5 Å². The van der Waals surface area contributed by atoms with Crippen molar-refractivity contribution in [2.24, 2.45) is 0 Å². The van der Waals surface area contributed by atoms with E-state index >= 15 is 0 Å². The molecule has 1 aromatic rings. The lowest BCUT2D eigenvalue weighted by Gasteiger charge is -2.20. The number of hydrogen-bond acceptors (Lipinski definition) is 1. The Labute approximate surface area is 128 Å². The largest absolute Gasteiger partial charge is 0.360 e. The zero-order valence-electron chi connectivity index (χ0n) is 12.8. The predicted molar refractivity (Wildman–Crippen MR) is 90.1 cm³/mol. The van der Waals surface area contributed by atoms with Gasteiger partial charge in [0.25, 0.3) is 0 Å². The first-order valence-electron chi connectivity index (χ1n) is 7.73. The first-order chi connectivity index (χ1) is 9.56. The lowest BCUT2D eigenvalue weighted by molar-refractivity contribution is 0.605. The lowest BCUT2D eigenvalue weighted by Crippen LogP contribution is -2.41. The van der Waals surface area contributed by atoms with Crippen LogP contribution in [-0.4, -0.2) is 11.2 Å². The van der Waals surface area contributed by atoms with Gasteiger partial charge in [-0.15, -0.1) is 0 Å². The summed E-state index contributed by atoms with van der Waals surface area (Å²) in [5, 5.41) is 7.61. The molecule has 1 atom stereocenters. The first kappa shape index (κ1) is 15.3. The number of rotatable bonds is 4. The molecule has 2 nitrogen and oxygen atoms in total. The van der Waals surface area contributed by atoms with Crippen molar-refractivity contribution in [3.63, 3.8) is 0 Å². The number of hydrogen-bond donors (Lipinski definition) is 2. The Balaban J connectivity index is 1.86. The van der Waals surface area contributed by atoms with Gasteiger partial charge in [-0.05, 0) is 49.0 Å². The Morgan fingerprint density at radius 3 is 2.15 bits per heavy atom. The van der Waals surface area contributed by atoms with Crippen molar-refractivity contribution in [3.8, 4) is 0 Å². The average Bonchev–Trinajstić information content (AvgIpc) is 2.91. The molecule has 1 aromatic carbocycles. The van der Waals surface area contributed by atoms with Crippen LogP contribution in [-0.2, 0) is 0 Å². The number of nitrogens with one attached hydrogen (secondary N) is 2. The van der Waals surface area contributed by atoms with Crippen molar-refractivity contribution in [1.29, 1.82) is 0 Å². The van der Waals surface area contributed by atoms with E-state index < -0.39 is 0 Å². The Bertz CT molecular complexity index is 433. The van der Waals surface area contributed by atoms with Crippen molar-refractivity contribution < 1.29 is 0 Å². The zero-order valence-corrected chi connectivity index (χ0v) is 13.6. The van der Waals surface area contributed by atoms with E-state index in [1.54, 1.807) is 0 Å². The highest BCUT2D eigenvalue weighted by Crippen LogP contribution is 2.19. The number of benzene rings is 1. The highest BCUT2D eigenvalue weighted by Gasteiger charge is 2.16. The third-order valence-corrected chi connectivity index (χ3v) is 4.38. The van der Waals surface area contributed by atoms with Gasteiger partial charge in [0.15, 0.2) is 5.11 Å². The highest BCUT2D eigenvalue weighted by atomic mass is 32.1. The summed E-state index contributed by atoms with van der Waals surface area (Å²) in [6, 6.07) is 9.65. The van der Waals surface area contributed by atoms with Crippen LogP contribution < -0.4 is 10.6 Å². The topological polar surface area (TPSA) is 24.1 Å². The van der Waals surface area contributed by atoms with E-state index in [0.29, 0.717) is 12.0 Å². The van der Waals surface area contributed by atoms with Crippen LogP contribution in [0.5, 0.6) is 0 Å². The van der Waals surface area contributed by atoms with Crippen LogP contribution in [0.1, 0.15) is 69.5 Å². The molecule has 3 heteroatoms. The Morgan fingerprint density at radius 1 is 1.05 bits per heavy atom. The van der Waals surface area contributed by atoms with Gasteiger partial charge in [-0.25, -0.2) is 0 Å². The van der Waals surface area contributed by atoms with E-state index in [0.717, 1.165) is 5.11 Å². The monoisotopic (exact) mass is 290 g/mol. The van der Waals surface area contributed by atoms with E-state index in [1.807, 2.05) is 0 Å². The third-order valence-electron chi connectivity index (χ3n) is 4.14. The molecule has 0 heterocycles. The molecule has 0 aliphatic heterocycles. The van der Waals surface area contributed by atoms with Crippen molar-refractivity contribution in [2.75, 3.05) is 0 Å². The predicted octanol–water partition coefficient (Wildman–Crippen LogP) is 4.28. The van der Waals surface area contributed by atoms with Crippen molar-refractivity contribution in [3.05, 3.63) is 35.4 Å². The second-order valence-corrected chi connectivity index (χ2v) is 6.55. The molecule has 110 valence electrons. The highest BCUT2D eigenvalue weighted by molar-refractivity contribution is 7.80. The molecule has 0 aromatic heterocycles. The fourth-order valence-corrected chi connectivity index (χ4v) is 3.09. The molecule has 0 radical (unpaired) electrons. The van der Waals surface area contributed by atoms with E-state index in [1.165, 1.54) is 36.8 Å². The van der Waals surface area contributed by atoms with Gasteiger partial charge >= 0.3 is 0 Å². The van der Waals surface area contributed by atoms with Crippen LogP contribution in [0, 0.1) is 0 Å². The molecule has 20 heavy (non-hydrogen) atoms. The number of thiocarbonyl (C=S) groups is 1. The normalized spacial score (nSPS) is 17.2. The van der Waals surface area contributed by atoms with Gasteiger partial charge in [0.2, 0.25) is 0 Å². The summed E-state index contributed by atoms with van der Waals surface area (Å²) in [7, 11) is 0. The van der Waals surface area contributed by atoms with Gasteiger partial charge in [-0.2, -0.15) is 0 Å². The fraction of sp³-hybridized carbons (Fsp3) is 0.588. The van der Waals surface area contributed by atoms with E-state index in [-0.39, 0.29) is 6.04 Å². The average molecular weight is 290 g/mol. The molecule has 1 fully saturated rings. The Kier molecular flexibility index (Phi) is 5.41. The summed E-state index contributed by atoms with van der Waals surface area (Å²) in [5.74, 6) is 0.581. The lowest BCUT2D eigenvalue weighted by atomic mass is 10.00. The van der Waals surface area contributed by atoms with Crippen LogP contribution in [0.2, 0.25) is 0 Å². The Hall–Kier alpha value is -1.09. The fourth-order valence-electron chi connectivity index (χ4n) is 2.75. The van der Waals surface area contributed by atoms with Gasteiger partial charge in [-0.3, -0.25) is 0 Å². The molecule has 1 saturated carbocycles. The van der Waals surface area contributed by atoms with Crippen LogP contribution in [0.3, 0.4) is 0 Å². The quantitative estimate of drug-likeness (QED) is 0.809. The summed E-state index contributed by atoms with van der Waals surface area (Å²) >= 11 is 5.41. The van der Waals surface area contributed by atoms with E-state index in [4.69, 9.17) is 12.2 Å². The van der Waals surface area contributed by atoms with Gasteiger partial charge in [0.1, 0.15) is 0 Å². The minimum Gasteiger partial charge on any atom is -0.360 e. The molecular formula is C17H26N2S. The first-order valence-corrected chi connectivity index (χ1v) is 8.14. The molecule has 1 unspecified atom stereocenters. The maximum absolute atomic E-state index is 5.41. The molecule has 1 aliphatic rings. The van der Waals surface area contributed by atoms with Crippen molar-refractivity contribution >= 4 is 17.3 Å². The molecule has 0 amide bonds. The van der Waals surface area contributed by atoms with E-state index in [2.05, 4.69) is 55.7 Å². The van der Waals surface area contributed by atoms with Gasteiger partial charge in [0.05, 0.1) is 6.04 Å². The van der Waals surface area contributed by atoms with Crippen LogP contribution in [0.15, 0.2) is 24.3 Å². The SMILES string of the molecule is CC(C)c1ccc(C(C)NC(=S)NC2CCCC2)cc1. The van der Waals surface area contributed by atoms with Gasteiger partial charge in [0, 0.05) is 6.04 Å². The standard InChI is InChI=1S/C17H26N2S/c1-12(2)14-8-10-15(11-9-14)13(3)18-17(20)19-16-6-4-5-7-16/h8-13,16H,4-7H2,1-3H3,(H2,18,19,20). The van der Waals surface area contributed by atoms with Crippen LogP contribution in [0.25, 0.3) is 0 Å². The molecule has 0 spiro atoms. The molecular weight excluding hydrogens is 264 g/mol. The summed E-state index contributed by atoms with van der Waals surface area (Å²) in [5.41, 5.74) is 2.66. The maximum Gasteiger partial charge on any atom is 0.166 e. The van der Waals surface area contributed by atoms with Gasteiger partial charge in [-0.1, -0.05) is 51.0 Å². The molecule has 1 aliphatic carbocycles. The second kappa shape index (κ2) is 7.07. The third kappa shape index (κ3) is 4.20. The van der Waals surface area contributed by atoms with Crippen molar-refractivity contribution in [1.82, 2.24) is 10.6 Å². The molecule has 0 saturated heterocycles. The summed E-state index contributed by atoms with van der Waals surface area (Å²) in [6.07, 6.45) is 5.15. The molecule has 0 bridgehead atoms.